The molecule has 2 aromatic rings. The number of hydrogen-bond acceptors (Lipinski definition) is 5. The summed E-state index contributed by atoms with van der Waals surface area (Å²) in [7, 11) is 0. The fourth-order valence-corrected chi connectivity index (χ4v) is 0.999. The Balaban J connectivity index is 2.34. The molecule has 6 heteroatoms. The Morgan fingerprint density at radius 1 is 1.14 bits per heavy atom. The highest BCUT2D eigenvalue weighted by molar-refractivity contribution is 5.27. The van der Waals surface area contributed by atoms with Crippen molar-refractivity contribution in [1.29, 1.82) is 0 Å². The minimum Gasteiger partial charge on any atom is -0.362 e. The van der Waals surface area contributed by atoms with Crippen LogP contribution in [0.4, 0.5) is 0 Å². The van der Waals surface area contributed by atoms with Gasteiger partial charge < -0.3 is 10.2 Å². The van der Waals surface area contributed by atoms with E-state index in [-0.39, 0.29) is 5.82 Å². The lowest BCUT2D eigenvalue weighted by atomic mass is 10.3. The zero-order chi connectivity index (χ0) is 9.97. The molecule has 1 aromatic heterocycles. The summed E-state index contributed by atoms with van der Waals surface area (Å²) in [6.07, 6.45) is -1.69. The minimum atomic E-state index is -1.69. The van der Waals surface area contributed by atoms with Gasteiger partial charge in [0.2, 0.25) is 12.1 Å². The van der Waals surface area contributed by atoms with Gasteiger partial charge in [0.05, 0.1) is 5.69 Å². The second-order valence-corrected chi connectivity index (χ2v) is 2.65. The summed E-state index contributed by atoms with van der Waals surface area (Å²) in [6.45, 7) is 0. The van der Waals surface area contributed by atoms with Crippen molar-refractivity contribution in [1.82, 2.24) is 20.2 Å². The molecular weight excluding hydrogens is 184 g/mol. The Labute approximate surface area is 79.4 Å². The van der Waals surface area contributed by atoms with Gasteiger partial charge in [0.1, 0.15) is 0 Å². The number of aromatic nitrogens is 4. The fourth-order valence-electron chi connectivity index (χ4n) is 0.999. The summed E-state index contributed by atoms with van der Waals surface area (Å²) < 4.78 is 0. The number of para-hydroxylation sites is 1. The van der Waals surface area contributed by atoms with Crippen molar-refractivity contribution < 1.29 is 10.2 Å². The van der Waals surface area contributed by atoms with Gasteiger partial charge in [0.15, 0.2) is 0 Å². The summed E-state index contributed by atoms with van der Waals surface area (Å²) in [5.74, 6) is -0.117. The summed E-state index contributed by atoms with van der Waals surface area (Å²) in [4.78, 5) is 1.23. The summed E-state index contributed by atoms with van der Waals surface area (Å²) in [5, 5.41) is 28.4. The predicted octanol–water partition coefficient (Wildman–Crippen LogP) is -0.355. The van der Waals surface area contributed by atoms with Crippen LogP contribution in [0.2, 0.25) is 0 Å². The van der Waals surface area contributed by atoms with E-state index in [9.17, 15) is 0 Å². The van der Waals surface area contributed by atoms with Crippen LogP contribution < -0.4 is 0 Å². The molecular formula is C8H8N4O2. The Morgan fingerprint density at radius 3 is 2.43 bits per heavy atom. The number of nitrogens with zero attached hydrogens (tertiary/aromatic N) is 4. The Hall–Kier alpha value is -1.79. The van der Waals surface area contributed by atoms with Crippen LogP contribution in [0.1, 0.15) is 12.1 Å². The molecule has 0 aliphatic heterocycles. The number of hydrogen-bond donors (Lipinski definition) is 2. The van der Waals surface area contributed by atoms with Crippen molar-refractivity contribution in [3.05, 3.63) is 36.2 Å². The molecule has 0 amide bonds. The SMILES string of the molecule is OC(O)c1nnn(-c2ccccc2)n1. The maximum absolute atomic E-state index is 8.76. The molecule has 0 atom stereocenters. The molecule has 72 valence electrons. The number of benzene rings is 1. The van der Waals surface area contributed by atoms with Gasteiger partial charge in [-0.05, 0) is 17.3 Å². The van der Waals surface area contributed by atoms with Crippen molar-refractivity contribution in [2.45, 2.75) is 6.29 Å². The summed E-state index contributed by atoms with van der Waals surface area (Å²) >= 11 is 0. The van der Waals surface area contributed by atoms with Gasteiger partial charge in [-0.25, -0.2) is 0 Å². The van der Waals surface area contributed by atoms with Gasteiger partial charge in [-0.1, -0.05) is 18.2 Å². The first-order chi connectivity index (χ1) is 6.77. The topological polar surface area (TPSA) is 84.1 Å². The lowest BCUT2D eigenvalue weighted by Gasteiger charge is -1.96. The first-order valence-corrected chi connectivity index (χ1v) is 3.99. The first-order valence-electron chi connectivity index (χ1n) is 3.99. The number of rotatable bonds is 2. The molecule has 0 aliphatic rings. The van der Waals surface area contributed by atoms with Gasteiger partial charge in [-0.3, -0.25) is 0 Å². The molecule has 2 rings (SSSR count). The molecule has 0 saturated carbocycles. The predicted molar refractivity (Wildman–Crippen MR) is 46.3 cm³/mol. The fraction of sp³-hybridized carbons (Fsp3) is 0.125. The quantitative estimate of drug-likeness (QED) is 0.635. The van der Waals surface area contributed by atoms with Gasteiger partial charge in [0.25, 0.3) is 0 Å². The highest BCUT2D eigenvalue weighted by atomic mass is 16.5. The highest BCUT2D eigenvalue weighted by Gasteiger charge is 2.10. The van der Waals surface area contributed by atoms with Gasteiger partial charge in [0, 0.05) is 0 Å². The van der Waals surface area contributed by atoms with Crippen LogP contribution in [-0.2, 0) is 0 Å². The monoisotopic (exact) mass is 192 g/mol. The molecule has 2 N–H and O–H groups in total. The van der Waals surface area contributed by atoms with Crippen molar-refractivity contribution in [3.8, 4) is 5.69 Å². The van der Waals surface area contributed by atoms with E-state index in [4.69, 9.17) is 10.2 Å². The molecule has 0 radical (unpaired) electrons. The van der Waals surface area contributed by atoms with Crippen LogP contribution in [0.25, 0.3) is 5.69 Å². The molecule has 0 saturated heterocycles. The van der Waals surface area contributed by atoms with Crippen LogP contribution >= 0.6 is 0 Å². The lowest BCUT2D eigenvalue weighted by molar-refractivity contribution is -0.0495. The number of tetrazole rings is 1. The molecule has 1 aromatic carbocycles. The summed E-state index contributed by atoms with van der Waals surface area (Å²) in [5.41, 5.74) is 0.715. The normalized spacial score (nSPS) is 10.8. The van der Waals surface area contributed by atoms with Crippen LogP contribution in [0.5, 0.6) is 0 Å². The van der Waals surface area contributed by atoms with E-state index in [1.807, 2.05) is 18.2 Å². The zero-order valence-corrected chi connectivity index (χ0v) is 7.15. The van der Waals surface area contributed by atoms with Gasteiger partial charge in [-0.15, -0.1) is 15.0 Å². The Kier molecular flexibility index (Phi) is 2.21. The highest BCUT2D eigenvalue weighted by Crippen LogP contribution is 2.05. The van der Waals surface area contributed by atoms with Crippen molar-refractivity contribution >= 4 is 0 Å². The molecule has 0 fully saturated rings. The van der Waals surface area contributed by atoms with E-state index in [1.54, 1.807) is 12.1 Å². The van der Waals surface area contributed by atoms with Crippen LogP contribution in [0.15, 0.2) is 30.3 Å². The van der Waals surface area contributed by atoms with Crippen molar-refractivity contribution in [2.24, 2.45) is 0 Å². The third kappa shape index (κ3) is 1.61. The summed E-state index contributed by atoms with van der Waals surface area (Å²) in [6, 6.07) is 9.09. The van der Waals surface area contributed by atoms with Gasteiger partial charge >= 0.3 is 0 Å². The first kappa shape index (κ1) is 8.79. The number of aliphatic hydroxyl groups is 2. The zero-order valence-electron chi connectivity index (χ0n) is 7.15. The van der Waals surface area contributed by atoms with Crippen LogP contribution in [-0.4, -0.2) is 30.4 Å². The number of aliphatic hydroxyl groups excluding tert-OH is 1. The smallest absolute Gasteiger partial charge is 0.230 e. The van der Waals surface area contributed by atoms with E-state index in [0.717, 1.165) is 0 Å². The van der Waals surface area contributed by atoms with Crippen molar-refractivity contribution in [3.63, 3.8) is 0 Å². The van der Waals surface area contributed by atoms with E-state index < -0.39 is 6.29 Å². The van der Waals surface area contributed by atoms with Crippen molar-refractivity contribution in [2.75, 3.05) is 0 Å². The van der Waals surface area contributed by atoms with Crippen LogP contribution in [0, 0.1) is 0 Å². The second kappa shape index (κ2) is 3.52. The third-order valence-corrected chi connectivity index (χ3v) is 1.65. The molecule has 14 heavy (non-hydrogen) atoms. The molecule has 0 aliphatic carbocycles. The maximum atomic E-state index is 8.76. The molecule has 6 nitrogen and oxygen atoms in total. The van der Waals surface area contributed by atoms with E-state index >= 15 is 0 Å². The van der Waals surface area contributed by atoms with Gasteiger partial charge in [-0.2, -0.15) is 0 Å². The molecule has 0 unspecified atom stereocenters. The second-order valence-electron chi connectivity index (χ2n) is 2.65. The Bertz CT molecular complexity index is 412. The minimum absolute atomic E-state index is 0.117. The van der Waals surface area contributed by atoms with E-state index in [0.29, 0.717) is 5.69 Å². The standard InChI is InChI=1S/C8H8N4O2/c13-8(14)7-9-11-12(10-7)6-4-2-1-3-5-6/h1-5,8,13-14H. The average molecular weight is 192 g/mol. The lowest BCUT2D eigenvalue weighted by Crippen LogP contribution is -2.01. The largest absolute Gasteiger partial charge is 0.362 e. The Morgan fingerprint density at radius 2 is 1.86 bits per heavy atom. The molecule has 1 heterocycles. The van der Waals surface area contributed by atoms with Crippen LogP contribution in [0.3, 0.4) is 0 Å². The maximum Gasteiger partial charge on any atom is 0.230 e. The molecule has 0 spiro atoms. The van der Waals surface area contributed by atoms with E-state index in [2.05, 4.69) is 15.4 Å². The molecule has 0 bridgehead atoms. The average Bonchev–Trinajstić information content (AvgIpc) is 2.68. The third-order valence-electron chi connectivity index (χ3n) is 1.65. The van der Waals surface area contributed by atoms with E-state index in [1.165, 1.54) is 4.80 Å².